The Hall–Kier alpha value is -3.11. The van der Waals surface area contributed by atoms with E-state index in [0.29, 0.717) is 11.5 Å². The predicted molar refractivity (Wildman–Crippen MR) is 99.3 cm³/mol. The second kappa shape index (κ2) is 7.64. The van der Waals surface area contributed by atoms with Gasteiger partial charge in [0.15, 0.2) is 0 Å². The van der Waals surface area contributed by atoms with Crippen molar-refractivity contribution in [3.8, 4) is 5.40 Å². The molecule has 0 spiro atoms. The number of thioether (sulfide) groups is 1. The number of nitrogens with one attached hydrogen (secondary N) is 1. The maximum Gasteiger partial charge on any atom is 0.243 e. The highest BCUT2D eigenvalue weighted by atomic mass is 32.2. The molecule has 3 rings (SSSR count). The first-order chi connectivity index (χ1) is 12.2. The van der Waals surface area contributed by atoms with E-state index in [4.69, 9.17) is 5.26 Å². The maximum absolute atomic E-state index is 12.3. The molecular formula is C18H15N5OS. The number of nitriles is 1. The minimum absolute atomic E-state index is 0.147. The normalized spacial score (nSPS) is 10.2. The molecule has 0 atom stereocenters. The predicted octanol–water partition coefficient (Wildman–Crippen LogP) is 3.28. The Labute approximate surface area is 149 Å². The molecule has 3 aromatic rings. The van der Waals surface area contributed by atoms with E-state index in [2.05, 4.69) is 15.3 Å². The Morgan fingerprint density at radius 1 is 1.20 bits per heavy atom. The average Bonchev–Trinajstić information content (AvgIpc) is 2.63. The topological polar surface area (TPSA) is 81.9 Å². The van der Waals surface area contributed by atoms with E-state index >= 15 is 0 Å². The molecule has 1 aromatic heterocycles. The molecule has 0 saturated heterocycles. The van der Waals surface area contributed by atoms with E-state index in [1.165, 1.54) is 6.33 Å². The van der Waals surface area contributed by atoms with Gasteiger partial charge in [-0.2, -0.15) is 5.26 Å². The first-order valence-electron chi connectivity index (χ1n) is 7.54. The molecule has 7 heteroatoms. The van der Waals surface area contributed by atoms with Crippen molar-refractivity contribution in [1.82, 2.24) is 9.97 Å². The van der Waals surface area contributed by atoms with Crippen LogP contribution in [0.5, 0.6) is 0 Å². The number of fused-ring (bicyclic) bond motifs is 1. The van der Waals surface area contributed by atoms with Crippen LogP contribution in [0.25, 0.3) is 10.9 Å². The number of hydrogen-bond acceptors (Lipinski definition) is 6. The summed E-state index contributed by atoms with van der Waals surface area (Å²) >= 11 is 1.08. The number of thiocyanates is 1. The number of likely N-dealkylation sites (N-methyl/N-ethyl adjacent to an activating group) is 1. The number of para-hydroxylation sites is 1. The van der Waals surface area contributed by atoms with Gasteiger partial charge in [-0.1, -0.05) is 12.1 Å². The fraction of sp³-hybridized carbons (Fsp3) is 0.111. The van der Waals surface area contributed by atoms with Gasteiger partial charge in [-0.15, -0.1) is 0 Å². The minimum atomic E-state index is -0.147. The molecule has 1 amide bonds. The van der Waals surface area contributed by atoms with Crippen molar-refractivity contribution < 1.29 is 4.79 Å². The molecule has 1 N–H and O–H groups in total. The molecule has 2 aromatic carbocycles. The van der Waals surface area contributed by atoms with Crippen LogP contribution >= 0.6 is 11.8 Å². The number of nitrogens with zero attached hydrogens (tertiary/aromatic N) is 4. The number of amides is 1. The Morgan fingerprint density at radius 2 is 1.96 bits per heavy atom. The van der Waals surface area contributed by atoms with Crippen molar-refractivity contribution in [1.29, 1.82) is 5.26 Å². The first kappa shape index (κ1) is 16.7. The first-order valence-corrected chi connectivity index (χ1v) is 8.36. The molecule has 1 heterocycles. The molecule has 0 aliphatic heterocycles. The van der Waals surface area contributed by atoms with E-state index in [-0.39, 0.29) is 12.5 Å². The monoisotopic (exact) mass is 349 g/mol. The van der Waals surface area contributed by atoms with E-state index < -0.39 is 0 Å². The van der Waals surface area contributed by atoms with Crippen LogP contribution < -0.4 is 10.2 Å². The summed E-state index contributed by atoms with van der Waals surface area (Å²) in [5.41, 5.74) is 1.53. The van der Waals surface area contributed by atoms with Gasteiger partial charge in [0.25, 0.3) is 0 Å². The number of carbonyl (C=O) groups excluding carboxylic acids is 1. The van der Waals surface area contributed by atoms with Crippen LogP contribution in [-0.4, -0.2) is 29.5 Å². The largest absolute Gasteiger partial charge is 0.350 e. The highest BCUT2D eigenvalue weighted by Crippen LogP contribution is 2.22. The SMILES string of the molecule is CN(CC(=O)Nc1ccc(SC#N)cc1)c1ncnc2ccccc12. The van der Waals surface area contributed by atoms with Crippen molar-refractivity contribution in [3.63, 3.8) is 0 Å². The molecule has 0 radical (unpaired) electrons. The average molecular weight is 349 g/mol. The summed E-state index contributed by atoms with van der Waals surface area (Å²) in [6.45, 7) is 0.162. The number of hydrogen-bond donors (Lipinski definition) is 1. The van der Waals surface area contributed by atoms with Gasteiger partial charge in [0.1, 0.15) is 17.5 Å². The summed E-state index contributed by atoms with van der Waals surface area (Å²) in [6.07, 6.45) is 1.50. The Kier molecular flexibility index (Phi) is 5.11. The van der Waals surface area contributed by atoms with Gasteiger partial charge >= 0.3 is 0 Å². The third kappa shape index (κ3) is 4.05. The molecule has 0 unspecified atom stereocenters. The van der Waals surface area contributed by atoms with Crippen LogP contribution in [0.4, 0.5) is 11.5 Å². The highest BCUT2D eigenvalue weighted by molar-refractivity contribution is 8.03. The molecule has 0 saturated carbocycles. The van der Waals surface area contributed by atoms with E-state index in [1.807, 2.05) is 36.7 Å². The van der Waals surface area contributed by atoms with Crippen LogP contribution in [0.2, 0.25) is 0 Å². The lowest BCUT2D eigenvalue weighted by molar-refractivity contribution is -0.114. The number of rotatable bonds is 5. The third-order valence-corrected chi connectivity index (χ3v) is 4.16. The fourth-order valence-corrected chi connectivity index (χ4v) is 2.82. The molecular weight excluding hydrogens is 334 g/mol. The molecule has 25 heavy (non-hydrogen) atoms. The van der Waals surface area contributed by atoms with Crippen molar-refractivity contribution in [2.24, 2.45) is 0 Å². The number of benzene rings is 2. The third-order valence-electron chi connectivity index (χ3n) is 3.57. The summed E-state index contributed by atoms with van der Waals surface area (Å²) in [4.78, 5) is 23.4. The molecule has 0 aliphatic carbocycles. The lowest BCUT2D eigenvalue weighted by Crippen LogP contribution is -2.30. The number of aromatic nitrogens is 2. The summed E-state index contributed by atoms with van der Waals surface area (Å²) in [5.74, 6) is 0.562. The van der Waals surface area contributed by atoms with Crippen molar-refractivity contribution in [2.45, 2.75) is 4.90 Å². The van der Waals surface area contributed by atoms with Gasteiger partial charge < -0.3 is 10.2 Å². The van der Waals surface area contributed by atoms with Crippen molar-refractivity contribution >= 4 is 40.1 Å². The van der Waals surface area contributed by atoms with Gasteiger partial charge in [-0.05, 0) is 48.2 Å². The zero-order valence-corrected chi connectivity index (χ0v) is 14.3. The maximum atomic E-state index is 12.3. The fourth-order valence-electron chi connectivity index (χ4n) is 2.44. The molecule has 6 nitrogen and oxygen atoms in total. The zero-order valence-electron chi connectivity index (χ0n) is 13.5. The summed E-state index contributed by atoms with van der Waals surface area (Å²) < 4.78 is 0. The smallest absolute Gasteiger partial charge is 0.243 e. The zero-order chi connectivity index (χ0) is 17.6. The van der Waals surface area contributed by atoms with Gasteiger partial charge in [0, 0.05) is 23.0 Å². The second-order valence-corrected chi connectivity index (χ2v) is 6.19. The highest BCUT2D eigenvalue weighted by Gasteiger charge is 2.12. The number of carbonyl (C=O) groups is 1. The van der Waals surface area contributed by atoms with E-state index in [1.54, 1.807) is 29.2 Å². The van der Waals surface area contributed by atoms with Crippen LogP contribution in [0.3, 0.4) is 0 Å². The lowest BCUT2D eigenvalue weighted by Gasteiger charge is -2.19. The van der Waals surface area contributed by atoms with Crippen LogP contribution in [-0.2, 0) is 4.79 Å². The molecule has 0 bridgehead atoms. The Balaban J connectivity index is 1.69. The molecule has 0 fully saturated rings. The van der Waals surface area contributed by atoms with Crippen molar-refractivity contribution in [3.05, 3.63) is 54.9 Å². The molecule has 124 valence electrons. The minimum Gasteiger partial charge on any atom is -0.350 e. The van der Waals surface area contributed by atoms with Crippen LogP contribution in [0.15, 0.2) is 59.8 Å². The lowest BCUT2D eigenvalue weighted by atomic mass is 10.2. The summed E-state index contributed by atoms with van der Waals surface area (Å²) in [7, 11) is 1.82. The van der Waals surface area contributed by atoms with Gasteiger partial charge in [0.2, 0.25) is 5.91 Å². The van der Waals surface area contributed by atoms with Gasteiger partial charge in [0.05, 0.1) is 12.1 Å². The summed E-state index contributed by atoms with van der Waals surface area (Å²) in [6, 6.07) is 14.8. The Morgan fingerprint density at radius 3 is 2.72 bits per heavy atom. The van der Waals surface area contributed by atoms with Gasteiger partial charge in [-0.25, -0.2) is 9.97 Å². The second-order valence-electron chi connectivity index (χ2n) is 5.34. The quantitative estimate of drug-likeness (QED) is 0.562. The van der Waals surface area contributed by atoms with E-state index in [0.717, 1.165) is 27.6 Å². The summed E-state index contributed by atoms with van der Waals surface area (Å²) in [5, 5.41) is 14.4. The number of anilines is 2. The van der Waals surface area contributed by atoms with Crippen LogP contribution in [0.1, 0.15) is 0 Å². The van der Waals surface area contributed by atoms with E-state index in [9.17, 15) is 4.79 Å². The van der Waals surface area contributed by atoms with Crippen molar-refractivity contribution in [2.75, 3.05) is 23.8 Å². The Bertz CT molecular complexity index is 931. The standard InChI is InChI=1S/C18H15N5OS/c1-23(18-15-4-2-3-5-16(15)20-12-21-18)10-17(24)22-13-6-8-14(9-7-13)25-11-19/h2-9,12H,10H2,1H3,(H,22,24). The van der Waals surface area contributed by atoms with Gasteiger partial charge in [-0.3, -0.25) is 4.79 Å². The molecule has 0 aliphatic rings. The van der Waals surface area contributed by atoms with Crippen LogP contribution in [0, 0.1) is 10.7 Å².